The van der Waals surface area contributed by atoms with Gasteiger partial charge in [-0.2, -0.15) is 0 Å². The molecule has 0 N–H and O–H groups in total. The molecule has 260 valence electrons. The van der Waals surface area contributed by atoms with Crippen LogP contribution in [-0.2, 0) is 0 Å². The molecule has 0 saturated carbocycles. The molecule has 12 aromatic rings. The van der Waals surface area contributed by atoms with Crippen molar-refractivity contribution < 1.29 is 4.42 Å². The Labute approximate surface area is 323 Å². The molecule has 0 aliphatic rings. The van der Waals surface area contributed by atoms with Gasteiger partial charge in [-0.3, -0.25) is 0 Å². The monoisotopic (exact) mass is 711 g/mol. The highest BCUT2D eigenvalue weighted by Gasteiger charge is 2.17. The zero-order chi connectivity index (χ0) is 36.7. The molecule has 12 rings (SSSR count). The maximum absolute atomic E-state index is 6.47. The third kappa shape index (κ3) is 4.63. The van der Waals surface area contributed by atoms with Crippen molar-refractivity contribution in [3.8, 4) is 39.1 Å². The van der Waals surface area contributed by atoms with Gasteiger partial charge in [0.05, 0.1) is 11.0 Å². The lowest BCUT2D eigenvalue weighted by molar-refractivity contribution is 0.670. The summed E-state index contributed by atoms with van der Waals surface area (Å²) in [4.78, 5) is 0. The van der Waals surface area contributed by atoms with Gasteiger partial charge in [0.1, 0.15) is 11.2 Å². The van der Waals surface area contributed by atoms with E-state index in [1.165, 1.54) is 76.4 Å². The maximum Gasteiger partial charge on any atom is 0.143 e. The van der Waals surface area contributed by atoms with Gasteiger partial charge in [0.2, 0.25) is 0 Å². The predicted octanol–water partition coefficient (Wildman–Crippen LogP) is 15.1. The normalized spacial score (nSPS) is 11.9. The largest absolute Gasteiger partial charge is 0.455 e. The van der Waals surface area contributed by atoms with Crippen molar-refractivity contribution in [1.82, 2.24) is 4.57 Å². The molecule has 2 heterocycles. The number of hydrogen-bond donors (Lipinski definition) is 0. The fourth-order valence-electron chi connectivity index (χ4n) is 9.18. The van der Waals surface area contributed by atoms with Crippen molar-refractivity contribution in [2.45, 2.75) is 0 Å². The Hall–Kier alpha value is -7.42. The molecule has 0 atom stereocenters. The molecule has 0 bridgehead atoms. The van der Waals surface area contributed by atoms with E-state index in [9.17, 15) is 0 Å². The van der Waals surface area contributed by atoms with Crippen LogP contribution >= 0.6 is 0 Å². The Morgan fingerprint density at radius 2 is 0.804 bits per heavy atom. The van der Waals surface area contributed by atoms with Crippen molar-refractivity contribution >= 4 is 76.1 Å². The minimum Gasteiger partial charge on any atom is -0.455 e. The average Bonchev–Trinajstić information content (AvgIpc) is 3.82. The van der Waals surface area contributed by atoms with Gasteiger partial charge in [0.15, 0.2) is 0 Å². The van der Waals surface area contributed by atoms with Gasteiger partial charge in [0.25, 0.3) is 0 Å². The van der Waals surface area contributed by atoms with Crippen molar-refractivity contribution in [1.29, 1.82) is 0 Å². The van der Waals surface area contributed by atoms with Crippen molar-refractivity contribution in [3.05, 3.63) is 200 Å². The molecule has 2 aromatic heterocycles. The van der Waals surface area contributed by atoms with Crippen LogP contribution in [0.3, 0.4) is 0 Å². The fraction of sp³-hybridized carbons (Fsp3) is 0. The Morgan fingerprint density at radius 3 is 1.57 bits per heavy atom. The Bertz CT molecular complexity index is 3510. The lowest BCUT2D eigenvalue weighted by atomic mass is 9.91. The van der Waals surface area contributed by atoms with E-state index in [0.29, 0.717) is 0 Å². The van der Waals surface area contributed by atoms with Gasteiger partial charge >= 0.3 is 0 Å². The number of para-hydroxylation sites is 3. The van der Waals surface area contributed by atoms with E-state index in [4.69, 9.17) is 4.42 Å². The second-order valence-corrected chi connectivity index (χ2v) is 14.8. The summed E-state index contributed by atoms with van der Waals surface area (Å²) in [5.41, 5.74) is 12.3. The number of rotatable bonds is 4. The molecule has 0 unspecified atom stereocenters. The highest BCUT2D eigenvalue weighted by atomic mass is 16.3. The highest BCUT2D eigenvalue weighted by Crippen LogP contribution is 2.41. The van der Waals surface area contributed by atoms with Gasteiger partial charge in [-0.1, -0.05) is 158 Å². The SMILES string of the molecule is c1cc(-c2ccc3c4ccccc4c4ccccc4c3c2)cc(-c2ccc3c4ccccc4n(-c4cccc(-c5cccc6c5oc5ccccc56)c4)c3c2)c1. The minimum atomic E-state index is 0.910. The number of furan rings is 1. The summed E-state index contributed by atoms with van der Waals surface area (Å²) >= 11 is 0. The molecule has 10 aromatic carbocycles. The first kappa shape index (κ1) is 31.0. The van der Waals surface area contributed by atoms with E-state index in [-0.39, 0.29) is 0 Å². The van der Waals surface area contributed by atoms with Gasteiger partial charge in [-0.05, 0) is 103 Å². The third-order valence-corrected chi connectivity index (χ3v) is 11.8. The molecular weight excluding hydrogens is 679 g/mol. The minimum absolute atomic E-state index is 0.910. The number of hydrogen-bond acceptors (Lipinski definition) is 1. The number of aromatic nitrogens is 1. The van der Waals surface area contributed by atoms with Gasteiger partial charge in [0, 0.05) is 32.8 Å². The number of benzene rings is 10. The molecule has 0 spiro atoms. The van der Waals surface area contributed by atoms with E-state index < -0.39 is 0 Å². The number of nitrogens with zero attached hydrogens (tertiary/aromatic N) is 1. The van der Waals surface area contributed by atoms with Crippen molar-refractivity contribution in [2.24, 2.45) is 0 Å². The van der Waals surface area contributed by atoms with Crippen LogP contribution in [0.1, 0.15) is 0 Å². The second-order valence-electron chi connectivity index (χ2n) is 14.8. The van der Waals surface area contributed by atoms with Crippen LogP contribution in [0.4, 0.5) is 0 Å². The van der Waals surface area contributed by atoms with Crippen LogP contribution in [0.2, 0.25) is 0 Å². The maximum atomic E-state index is 6.47. The van der Waals surface area contributed by atoms with Crippen LogP contribution in [0.15, 0.2) is 205 Å². The molecule has 56 heavy (non-hydrogen) atoms. The van der Waals surface area contributed by atoms with Gasteiger partial charge < -0.3 is 8.98 Å². The first-order chi connectivity index (χ1) is 27.8. The number of fused-ring (bicyclic) bond motifs is 12. The molecule has 0 aliphatic carbocycles. The summed E-state index contributed by atoms with van der Waals surface area (Å²) in [7, 11) is 0. The van der Waals surface area contributed by atoms with Crippen LogP contribution in [0, 0.1) is 0 Å². The predicted molar refractivity (Wildman–Crippen MR) is 237 cm³/mol. The average molecular weight is 712 g/mol. The van der Waals surface area contributed by atoms with Crippen LogP contribution in [0.25, 0.3) is 115 Å². The van der Waals surface area contributed by atoms with E-state index in [1.807, 2.05) is 12.1 Å². The fourth-order valence-corrected chi connectivity index (χ4v) is 9.18. The Morgan fingerprint density at radius 1 is 0.286 bits per heavy atom. The smallest absolute Gasteiger partial charge is 0.143 e. The summed E-state index contributed by atoms with van der Waals surface area (Å²) < 4.78 is 8.88. The third-order valence-electron chi connectivity index (χ3n) is 11.8. The molecule has 2 heteroatoms. The molecule has 0 fully saturated rings. The van der Waals surface area contributed by atoms with Crippen molar-refractivity contribution in [3.63, 3.8) is 0 Å². The summed E-state index contributed by atoms with van der Waals surface area (Å²) in [6, 6.07) is 72.8. The zero-order valence-electron chi connectivity index (χ0n) is 30.4. The molecular formula is C54H33NO. The Kier molecular flexibility index (Phi) is 6.66. The second kappa shape index (κ2) is 12.0. The van der Waals surface area contributed by atoms with Crippen molar-refractivity contribution in [2.75, 3.05) is 0 Å². The first-order valence-electron chi connectivity index (χ1n) is 19.3. The summed E-state index contributed by atoms with van der Waals surface area (Å²) in [6.45, 7) is 0. The Balaban J connectivity index is 1.00. The van der Waals surface area contributed by atoms with E-state index in [0.717, 1.165) is 38.8 Å². The standard InChI is InChI=1S/C54H33NO/c1-2-18-43-41(16-1)42-17-3-4-19-44(42)50-32-36(26-28-45(43)50)34-12-9-13-35(30-34)37-27-29-47-46-20-5-7-24-51(46)55(52(47)33-37)39-15-10-14-38(31-39)40-22-11-23-49-48-21-6-8-25-53(48)56-54(40)49/h1-33H. The lowest BCUT2D eigenvalue weighted by Gasteiger charge is -2.13. The molecule has 0 aliphatic heterocycles. The summed E-state index contributed by atoms with van der Waals surface area (Å²) in [5.74, 6) is 0. The molecule has 0 saturated heterocycles. The van der Waals surface area contributed by atoms with E-state index in [1.54, 1.807) is 0 Å². The molecule has 0 radical (unpaired) electrons. The highest BCUT2D eigenvalue weighted by molar-refractivity contribution is 6.25. The van der Waals surface area contributed by atoms with Crippen LogP contribution in [-0.4, -0.2) is 4.57 Å². The lowest BCUT2D eigenvalue weighted by Crippen LogP contribution is -1.94. The summed E-state index contributed by atoms with van der Waals surface area (Å²) in [5, 5.41) is 12.5. The summed E-state index contributed by atoms with van der Waals surface area (Å²) in [6.07, 6.45) is 0. The van der Waals surface area contributed by atoms with E-state index in [2.05, 4.69) is 193 Å². The first-order valence-corrected chi connectivity index (χ1v) is 19.3. The quantitative estimate of drug-likeness (QED) is 0.166. The van der Waals surface area contributed by atoms with Crippen LogP contribution in [0.5, 0.6) is 0 Å². The van der Waals surface area contributed by atoms with Gasteiger partial charge in [-0.15, -0.1) is 0 Å². The van der Waals surface area contributed by atoms with Gasteiger partial charge in [-0.25, -0.2) is 0 Å². The topological polar surface area (TPSA) is 18.1 Å². The van der Waals surface area contributed by atoms with E-state index >= 15 is 0 Å². The molecule has 0 amide bonds. The molecule has 2 nitrogen and oxygen atoms in total. The van der Waals surface area contributed by atoms with Crippen LogP contribution < -0.4 is 0 Å². The zero-order valence-corrected chi connectivity index (χ0v) is 30.4.